The highest BCUT2D eigenvalue weighted by molar-refractivity contribution is 8.17. The molecular formula is C27H42O3S2. The molecule has 3 nitrogen and oxygen atoms in total. The number of allylic oxidation sites excluding steroid dienone is 1. The maximum atomic E-state index is 11.9. The Labute approximate surface area is 203 Å². The summed E-state index contributed by atoms with van der Waals surface area (Å²) in [6, 6.07) is 0. The molecule has 0 amide bonds. The summed E-state index contributed by atoms with van der Waals surface area (Å²) < 4.78 is 5.94. The molecule has 1 N–H and O–H groups in total. The lowest BCUT2D eigenvalue weighted by molar-refractivity contribution is -0.149. The molecule has 3 saturated carbocycles. The van der Waals surface area contributed by atoms with Crippen LogP contribution in [0.3, 0.4) is 0 Å². The van der Waals surface area contributed by atoms with E-state index in [1.165, 1.54) is 57.0 Å². The molecule has 180 valence electrons. The van der Waals surface area contributed by atoms with Gasteiger partial charge in [-0.25, -0.2) is 0 Å². The van der Waals surface area contributed by atoms with E-state index in [1.54, 1.807) is 5.57 Å². The summed E-state index contributed by atoms with van der Waals surface area (Å²) >= 11 is 4.01. The van der Waals surface area contributed by atoms with Crippen LogP contribution in [0.1, 0.15) is 85.5 Å². The highest BCUT2D eigenvalue weighted by Gasteiger charge is 2.62. The summed E-state index contributed by atoms with van der Waals surface area (Å²) in [7, 11) is 0. The zero-order valence-corrected chi connectivity index (χ0v) is 22.0. The molecule has 4 aliphatic carbocycles. The summed E-state index contributed by atoms with van der Waals surface area (Å²) in [4.78, 5) is 11.5. The molecule has 1 heterocycles. The molecule has 0 radical (unpaired) electrons. The minimum absolute atomic E-state index is 0.0775. The van der Waals surface area contributed by atoms with Crippen LogP contribution in [0.15, 0.2) is 11.6 Å². The highest BCUT2D eigenvalue weighted by atomic mass is 32.2. The second-order valence-corrected chi connectivity index (χ2v) is 14.8. The van der Waals surface area contributed by atoms with Gasteiger partial charge in [0.05, 0.1) is 10.2 Å². The molecule has 32 heavy (non-hydrogen) atoms. The molecule has 0 spiro atoms. The van der Waals surface area contributed by atoms with Crippen LogP contribution in [0, 0.1) is 34.5 Å². The van der Waals surface area contributed by atoms with Gasteiger partial charge < -0.3 is 9.84 Å². The molecule has 5 aliphatic rings. The van der Waals surface area contributed by atoms with Gasteiger partial charge >= 0.3 is 5.97 Å². The first kappa shape index (κ1) is 23.6. The van der Waals surface area contributed by atoms with Gasteiger partial charge in [0, 0.05) is 13.3 Å². The van der Waals surface area contributed by atoms with Crippen molar-refractivity contribution in [3.8, 4) is 0 Å². The van der Waals surface area contributed by atoms with Crippen LogP contribution in [0.4, 0.5) is 0 Å². The number of esters is 1. The van der Waals surface area contributed by atoms with Gasteiger partial charge in [-0.15, -0.1) is 23.5 Å². The molecule has 0 aromatic heterocycles. The zero-order chi connectivity index (χ0) is 22.7. The Bertz CT molecular complexity index is 773. The van der Waals surface area contributed by atoms with E-state index in [1.807, 2.05) is 23.5 Å². The van der Waals surface area contributed by atoms with Gasteiger partial charge in [-0.2, -0.15) is 0 Å². The standard InChI is InChI=1S/C27H42O3S2/c1-17(28)30-19-10-12-25(2)18(16-19)6-7-20-21-8-9-23(26(21,3)13-11-22(20)25)27(4,29)24-31-14-5-15-32-24/h6,19-24,29H,5,7-16H2,1-4H3/t19-,20-,21-,22-,23-,25-,26-,27+/m0/s1. The molecule has 5 heteroatoms. The second-order valence-electron chi connectivity index (χ2n) is 12.1. The lowest BCUT2D eigenvalue weighted by atomic mass is 9.47. The monoisotopic (exact) mass is 478 g/mol. The number of carbonyl (C=O) groups excluding carboxylic acids is 1. The minimum Gasteiger partial charge on any atom is -0.462 e. The van der Waals surface area contributed by atoms with Gasteiger partial charge in [0.15, 0.2) is 0 Å². The molecule has 5 rings (SSSR count). The SMILES string of the molecule is CC(=O)O[C@H]1CC[C@@]2(C)C(=CC[C@H]3[C@@H]4CC[C@H]([C@@](C)(O)C5SCCCS5)[C@@]4(C)CC[C@@H]32)C1. The van der Waals surface area contributed by atoms with Crippen molar-refractivity contribution in [1.82, 2.24) is 0 Å². The Morgan fingerprint density at radius 1 is 1.12 bits per heavy atom. The van der Waals surface area contributed by atoms with Crippen molar-refractivity contribution in [2.24, 2.45) is 34.5 Å². The molecule has 0 aromatic rings. The highest BCUT2D eigenvalue weighted by Crippen LogP contribution is 2.68. The Hall–Kier alpha value is -0.130. The molecule has 1 aliphatic heterocycles. The first-order valence-corrected chi connectivity index (χ1v) is 15.1. The van der Waals surface area contributed by atoms with Crippen LogP contribution in [-0.2, 0) is 9.53 Å². The van der Waals surface area contributed by atoms with E-state index in [0.29, 0.717) is 10.5 Å². The smallest absolute Gasteiger partial charge is 0.302 e. The topological polar surface area (TPSA) is 46.5 Å². The number of aliphatic hydroxyl groups is 1. The third-order valence-electron chi connectivity index (χ3n) is 10.4. The fraction of sp³-hybridized carbons (Fsp3) is 0.889. The number of ether oxygens (including phenoxy) is 1. The van der Waals surface area contributed by atoms with Crippen LogP contribution in [0.5, 0.6) is 0 Å². The van der Waals surface area contributed by atoms with E-state index >= 15 is 0 Å². The summed E-state index contributed by atoms with van der Waals surface area (Å²) in [5, 5.41) is 11.9. The van der Waals surface area contributed by atoms with Crippen molar-refractivity contribution in [3.05, 3.63) is 11.6 Å². The van der Waals surface area contributed by atoms with Crippen molar-refractivity contribution in [2.45, 2.75) is 102 Å². The number of carbonyl (C=O) groups is 1. The first-order valence-electron chi connectivity index (χ1n) is 13.0. The van der Waals surface area contributed by atoms with E-state index < -0.39 is 5.60 Å². The largest absolute Gasteiger partial charge is 0.462 e. The zero-order valence-electron chi connectivity index (χ0n) is 20.4. The van der Waals surface area contributed by atoms with Crippen LogP contribution >= 0.6 is 23.5 Å². The van der Waals surface area contributed by atoms with Crippen LogP contribution in [0.2, 0.25) is 0 Å². The normalized spacial score (nSPS) is 46.3. The van der Waals surface area contributed by atoms with E-state index in [-0.39, 0.29) is 22.9 Å². The third kappa shape index (κ3) is 3.71. The molecular weight excluding hydrogens is 436 g/mol. The first-order chi connectivity index (χ1) is 15.2. The van der Waals surface area contributed by atoms with Gasteiger partial charge in [0.1, 0.15) is 6.10 Å². The molecule has 0 unspecified atom stereocenters. The van der Waals surface area contributed by atoms with Crippen molar-refractivity contribution in [3.63, 3.8) is 0 Å². The van der Waals surface area contributed by atoms with E-state index in [2.05, 4.69) is 26.8 Å². The van der Waals surface area contributed by atoms with Gasteiger partial charge in [-0.05, 0) is 104 Å². The van der Waals surface area contributed by atoms with E-state index in [0.717, 1.165) is 37.0 Å². The summed E-state index contributed by atoms with van der Waals surface area (Å²) in [6.07, 6.45) is 13.2. The van der Waals surface area contributed by atoms with Crippen molar-refractivity contribution in [2.75, 3.05) is 11.5 Å². The predicted molar refractivity (Wildman–Crippen MR) is 135 cm³/mol. The van der Waals surface area contributed by atoms with Crippen molar-refractivity contribution >= 4 is 29.5 Å². The van der Waals surface area contributed by atoms with Crippen LogP contribution in [-0.4, -0.2) is 38.9 Å². The maximum Gasteiger partial charge on any atom is 0.302 e. The number of fused-ring (bicyclic) bond motifs is 5. The third-order valence-corrected chi connectivity index (χ3v) is 13.8. The average molecular weight is 479 g/mol. The average Bonchev–Trinajstić information content (AvgIpc) is 3.12. The number of rotatable bonds is 3. The van der Waals surface area contributed by atoms with Crippen molar-refractivity contribution in [1.29, 1.82) is 0 Å². The fourth-order valence-corrected chi connectivity index (χ4v) is 12.1. The molecule has 1 saturated heterocycles. The molecule has 4 fully saturated rings. The quantitative estimate of drug-likeness (QED) is 0.373. The van der Waals surface area contributed by atoms with Gasteiger partial charge in [-0.1, -0.05) is 25.5 Å². The molecule has 0 bridgehead atoms. The van der Waals surface area contributed by atoms with E-state index in [4.69, 9.17) is 4.74 Å². The summed E-state index contributed by atoms with van der Waals surface area (Å²) in [6.45, 7) is 8.76. The Balaban J connectivity index is 1.37. The van der Waals surface area contributed by atoms with Crippen LogP contribution in [0.25, 0.3) is 0 Å². The Kier molecular flexibility index (Phi) is 6.28. The lowest BCUT2D eigenvalue weighted by Gasteiger charge is -2.59. The van der Waals surface area contributed by atoms with Crippen LogP contribution < -0.4 is 0 Å². The summed E-state index contributed by atoms with van der Waals surface area (Å²) in [5.41, 5.74) is 1.53. The van der Waals surface area contributed by atoms with Crippen molar-refractivity contribution < 1.29 is 14.6 Å². The predicted octanol–water partition coefficient (Wildman–Crippen LogP) is 6.44. The number of hydrogen-bond acceptors (Lipinski definition) is 5. The lowest BCUT2D eigenvalue weighted by Crippen LogP contribution is -2.55. The Morgan fingerprint density at radius 2 is 1.88 bits per heavy atom. The second kappa shape index (κ2) is 8.52. The minimum atomic E-state index is -0.576. The molecule has 8 atom stereocenters. The van der Waals surface area contributed by atoms with Gasteiger partial charge in [0.25, 0.3) is 0 Å². The fourth-order valence-electron chi connectivity index (χ4n) is 8.91. The van der Waals surface area contributed by atoms with Gasteiger partial charge in [0.2, 0.25) is 0 Å². The Morgan fingerprint density at radius 3 is 2.59 bits per heavy atom. The summed E-state index contributed by atoms with van der Waals surface area (Å²) in [5.74, 6) is 4.91. The molecule has 0 aromatic carbocycles. The van der Waals surface area contributed by atoms with E-state index in [9.17, 15) is 9.90 Å². The van der Waals surface area contributed by atoms with Gasteiger partial charge in [-0.3, -0.25) is 4.79 Å². The number of thioether (sulfide) groups is 2. The maximum absolute atomic E-state index is 11.9. The number of hydrogen-bond donors (Lipinski definition) is 1.